The van der Waals surface area contributed by atoms with E-state index >= 15 is 0 Å². The third-order valence-electron chi connectivity index (χ3n) is 6.95. The van der Waals surface area contributed by atoms with Gasteiger partial charge in [0.2, 0.25) is 11.9 Å². The largest absolute Gasteiger partial charge is 0.360 e. The molecule has 16 nitrogen and oxygen atoms in total. The molecule has 1 saturated heterocycles. The van der Waals surface area contributed by atoms with Gasteiger partial charge in [-0.05, 0) is 27.2 Å². The Morgan fingerprint density at radius 2 is 2.07 bits per heavy atom. The number of fused-ring (bicyclic) bond motifs is 1. The Balaban J connectivity index is 1.93. The molecule has 0 radical (unpaired) electrons. The van der Waals surface area contributed by atoms with Crippen molar-refractivity contribution in [3.05, 3.63) is 16.7 Å². The fraction of sp³-hybridized carbons (Fsp3) is 0.720. The van der Waals surface area contributed by atoms with Gasteiger partial charge in [-0.25, -0.2) is 9.65 Å². The topological polar surface area (TPSA) is 203 Å². The zero-order valence-electron chi connectivity index (χ0n) is 25.5. The Hall–Kier alpha value is -2.31. The van der Waals surface area contributed by atoms with E-state index in [4.69, 9.17) is 28.3 Å². The molecular weight excluding hydrogens is 604 g/mol. The van der Waals surface area contributed by atoms with Crippen molar-refractivity contribution in [1.29, 1.82) is 5.26 Å². The van der Waals surface area contributed by atoms with Crippen LogP contribution >= 0.6 is 16.1 Å². The minimum atomic E-state index is -3.56. The summed E-state index contributed by atoms with van der Waals surface area (Å²) in [4.78, 5) is 47.0. The van der Waals surface area contributed by atoms with E-state index in [0.29, 0.717) is 6.42 Å². The number of nitrogens with one attached hydrogen (secondary N) is 2. The molecule has 4 atom stereocenters. The van der Waals surface area contributed by atoms with Crippen LogP contribution in [0.3, 0.4) is 0 Å². The Morgan fingerprint density at radius 1 is 1.37 bits per heavy atom. The van der Waals surface area contributed by atoms with Crippen LogP contribution in [0.15, 0.2) is 11.1 Å². The first-order valence-corrected chi connectivity index (χ1v) is 16.7. The van der Waals surface area contributed by atoms with E-state index in [1.807, 2.05) is 26.8 Å². The summed E-state index contributed by atoms with van der Waals surface area (Å²) < 4.78 is 44.5. The van der Waals surface area contributed by atoms with E-state index in [2.05, 4.69) is 20.3 Å². The van der Waals surface area contributed by atoms with Crippen molar-refractivity contribution in [2.24, 2.45) is 5.92 Å². The number of anilines is 1. The lowest BCUT2D eigenvalue weighted by molar-refractivity contribution is -0.118. The third kappa shape index (κ3) is 8.66. The summed E-state index contributed by atoms with van der Waals surface area (Å²) in [7, 11) is -3.05. The van der Waals surface area contributed by atoms with Gasteiger partial charge >= 0.3 is 7.60 Å². The molecule has 2 aromatic heterocycles. The van der Waals surface area contributed by atoms with Crippen LogP contribution in [0, 0.1) is 17.2 Å². The molecule has 1 amide bonds. The van der Waals surface area contributed by atoms with Gasteiger partial charge in [0.05, 0.1) is 37.6 Å². The van der Waals surface area contributed by atoms with Gasteiger partial charge in [0.1, 0.15) is 12.6 Å². The van der Waals surface area contributed by atoms with E-state index in [1.54, 1.807) is 23.1 Å². The molecule has 0 saturated carbocycles. The fourth-order valence-corrected chi connectivity index (χ4v) is 6.76. The molecule has 1 aliphatic heterocycles. The van der Waals surface area contributed by atoms with Crippen LogP contribution in [0.4, 0.5) is 5.95 Å². The molecule has 1 fully saturated rings. The Bertz CT molecular complexity index is 1390. The van der Waals surface area contributed by atoms with Crippen LogP contribution in [-0.2, 0) is 32.4 Å². The summed E-state index contributed by atoms with van der Waals surface area (Å²) in [6.07, 6.45) is 1.06. The minimum Gasteiger partial charge on any atom is -0.360 e. The molecule has 0 bridgehead atoms. The zero-order chi connectivity index (χ0) is 31.9. The van der Waals surface area contributed by atoms with Gasteiger partial charge in [0.25, 0.3) is 14.1 Å². The van der Waals surface area contributed by atoms with E-state index < -0.39 is 33.5 Å². The number of H-pyrrole nitrogens is 1. The van der Waals surface area contributed by atoms with Crippen molar-refractivity contribution in [2.45, 2.75) is 77.8 Å². The van der Waals surface area contributed by atoms with Crippen LogP contribution in [0.25, 0.3) is 11.2 Å². The molecule has 3 unspecified atom stereocenters. The molecule has 0 spiro atoms. The maximum absolute atomic E-state index is 12.9. The average molecular weight is 646 g/mol. The molecule has 240 valence electrons. The number of nitrogens with zero attached hydrogens (tertiary/aromatic N) is 5. The van der Waals surface area contributed by atoms with Crippen molar-refractivity contribution in [2.75, 3.05) is 39.1 Å². The maximum Gasteiger partial charge on any atom is 0.355 e. The first kappa shape index (κ1) is 35.2. The highest BCUT2D eigenvalue weighted by Crippen LogP contribution is 2.50. The summed E-state index contributed by atoms with van der Waals surface area (Å²) in [5.74, 6) is -0.669. The lowest BCUT2D eigenvalue weighted by Crippen LogP contribution is -2.44. The van der Waals surface area contributed by atoms with E-state index in [1.165, 1.54) is 20.5 Å². The number of aromatic amines is 1. The predicted molar refractivity (Wildman–Crippen MR) is 158 cm³/mol. The average Bonchev–Trinajstić information content (AvgIpc) is 3.56. The Kier molecular flexibility index (Phi) is 12.4. The highest BCUT2D eigenvalue weighted by Gasteiger charge is 2.47. The van der Waals surface area contributed by atoms with Crippen molar-refractivity contribution in [3.63, 3.8) is 0 Å². The molecule has 1 aliphatic rings. The minimum absolute atomic E-state index is 0.0199. The SMILES string of the molecule is COP(=O)(COC1(CC(C)N(C(C)C)P(O)OCCC#N)CO[C@@H](n2cnc3c(=O)[nH]c(NC(=O)C(C)C)nc32)C1)OC. The molecule has 0 aromatic carbocycles. The second kappa shape index (κ2) is 15.1. The third-order valence-corrected chi connectivity index (χ3v) is 10.2. The molecular formula is C25H41N7O9P2. The number of carbonyl (C=O) groups is 1. The molecule has 2 aromatic rings. The number of rotatable bonds is 16. The molecule has 0 aliphatic carbocycles. The number of nitriles is 1. The van der Waals surface area contributed by atoms with Crippen molar-refractivity contribution in [1.82, 2.24) is 24.2 Å². The Morgan fingerprint density at radius 3 is 2.67 bits per heavy atom. The normalized spacial score (nSPS) is 20.7. The number of aromatic nitrogens is 4. The van der Waals surface area contributed by atoms with Crippen molar-refractivity contribution >= 4 is 39.1 Å². The zero-order valence-corrected chi connectivity index (χ0v) is 27.3. The lowest BCUT2D eigenvalue weighted by Gasteiger charge is -2.39. The van der Waals surface area contributed by atoms with Gasteiger partial charge in [0, 0.05) is 38.6 Å². The number of ether oxygens (including phenoxy) is 2. The summed E-state index contributed by atoms with van der Waals surface area (Å²) >= 11 is 0. The number of amides is 1. The quantitative estimate of drug-likeness (QED) is 0.177. The molecule has 18 heteroatoms. The maximum atomic E-state index is 12.9. The fourth-order valence-electron chi connectivity index (χ4n) is 4.76. The van der Waals surface area contributed by atoms with Crippen LogP contribution < -0.4 is 10.9 Å². The lowest BCUT2D eigenvalue weighted by atomic mass is 9.93. The van der Waals surface area contributed by atoms with Crippen LogP contribution in [-0.4, -0.2) is 86.5 Å². The molecule has 3 N–H and O–H groups in total. The second-order valence-electron chi connectivity index (χ2n) is 10.8. The highest BCUT2D eigenvalue weighted by atomic mass is 31.2. The number of hydrogen-bond acceptors (Lipinski definition) is 13. The van der Waals surface area contributed by atoms with E-state index in [-0.39, 0.29) is 73.4 Å². The van der Waals surface area contributed by atoms with Gasteiger partial charge in [-0.3, -0.25) is 29.0 Å². The van der Waals surface area contributed by atoms with Gasteiger partial charge in [-0.1, -0.05) is 13.8 Å². The van der Waals surface area contributed by atoms with Gasteiger partial charge in [-0.2, -0.15) is 10.2 Å². The summed E-state index contributed by atoms with van der Waals surface area (Å²) in [6.45, 7) is 9.31. The number of imidazole rings is 1. The van der Waals surface area contributed by atoms with Crippen LogP contribution in [0.2, 0.25) is 0 Å². The monoisotopic (exact) mass is 645 g/mol. The molecule has 43 heavy (non-hydrogen) atoms. The van der Waals surface area contributed by atoms with Crippen molar-refractivity contribution in [3.8, 4) is 6.07 Å². The molecule has 3 heterocycles. The van der Waals surface area contributed by atoms with Gasteiger partial charge < -0.3 is 27.9 Å². The van der Waals surface area contributed by atoms with Crippen molar-refractivity contribution < 1.29 is 37.3 Å². The highest BCUT2D eigenvalue weighted by molar-refractivity contribution is 7.53. The summed E-state index contributed by atoms with van der Waals surface area (Å²) in [5.41, 5.74) is -1.31. The first-order chi connectivity index (χ1) is 20.3. The van der Waals surface area contributed by atoms with Gasteiger partial charge in [0.15, 0.2) is 11.2 Å². The van der Waals surface area contributed by atoms with E-state index in [9.17, 15) is 19.0 Å². The predicted octanol–water partition coefficient (Wildman–Crippen LogP) is 3.47. The molecule has 3 rings (SSSR count). The smallest absolute Gasteiger partial charge is 0.355 e. The van der Waals surface area contributed by atoms with Gasteiger partial charge in [-0.15, -0.1) is 0 Å². The second-order valence-corrected chi connectivity index (χ2v) is 14.2. The standard InChI is InChI=1S/C25H41N7O9P2/c1-16(2)22(33)29-24-28-21-20(23(34)30-24)27-14-31(21)19-12-25(13-39-19,40-15-43(36,37-6)38-7)11-18(5)32(17(3)4)42(35)41-10-8-9-26/h14,16-19,35H,8,10-13,15H2,1-7H3,(H2,28,29,30,33,34)/t18?,19-,25?,42?/m1/s1. The van der Waals surface area contributed by atoms with Crippen LogP contribution in [0.1, 0.15) is 60.1 Å². The number of hydrogen-bond donors (Lipinski definition) is 3. The van der Waals surface area contributed by atoms with Crippen LogP contribution in [0.5, 0.6) is 0 Å². The first-order valence-electron chi connectivity index (χ1n) is 13.8. The summed E-state index contributed by atoms with van der Waals surface area (Å²) in [5, 5.41) is 11.4. The number of carbonyl (C=O) groups excluding carboxylic acids is 1. The van der Waals surface area contributed by atoms with E-state index in [0.717, 1.165) is 0 Å². The summed E-state index contributed by atoms with van der Waals surface area (Å²) in [6, 6.07) is 1.55. The Labute approximate surface area is 251 Å².